The van der Waals surface area contributed by atoms with E-state index in [-0.39, 0.29) is 0 Å². The van der Waals surface area contributed by atoms with Gasteiger partial charge in [-0.1, -0.05) is 34.1 Å². The van der Waals surface area contributed by atoms with E-state index >= 15 is 0 Å². The van der Waals surface area contributed by atoms with Crippen LogP contribution in [-0.2, 0) is 0 Å². The minimum atomic E-state index is 0.561. The zero-order valence-corrected chi connectivity index (χ0v) is 14.8. The van der Waals surface area contributed by atoms with Crippen LogP contribution in [0.4, 0.5) is 0 Å². The van der Waals surface area contributed by atoms with Crippen LogP contribution in [0.5, 0.6) is 11.5 Å². The second-order valence-electron chi connectivity index (χ2n) is 4.75. The van der Waals surface area contributed by atoms with E-state index in [0.717, 1.165) is 15.6 Å². The van der Waals surface area contributed by atoms with Gasteiger partial charge in [0.05, 0.1) is 24.9 Å². The molecule has 0 spiro atoms. The molecular formula is C19H18BrNO2. The third-order valence-electron chi connectivity index (χ3n) is 3.15. The van der Waals surface area contributed by atoms with Crippen molar-refractivity contribution in [2.24, 2.45) is 0 Å². The van der Waals surface area contributed by atoms with Crippen molar-refractivity contribution in [2.45, 2.75) is 13.8 Å². The van der Waals surface area contributed by atoms with E-state index in [1.165, 1.54) is 0 Å². The summed E-state index contributed by atoms with van der Waals surface area (Å²) in [5.41, 5.74) is 2.38. The SMILES string of the molecule is CCOc1ccc(/C=C(/C#N)c2ccc(Br)cc2)cc1OCC. The van der Waals surface area contributed by atoms with Gasteiger partial charge >= 0.3 is 0 Å². The molecule has 0 radical (unpaired) electrons. The summed E-state index contributed by atoms with van der Waals surface area (Å²) in [6.07, 6.45) is 1.85. The Hall–Kier alpha value is -2.25. The standard InChI is InChI=1S/C19H18BrNO2/c1-3-22-18-10-5-14(12-19(18)23-4-2)11-16(13-21)15-6-8-17(20)9-7-15/h5-12H,3-4H2,1-2H3/b16-11-. The maximum atomic E-state index is 9.44. The zero-order valence-electron chi connectivity index (χ0n) is 13.2. The van der Waals surface area contributed by atoms with Crippen LogP contribution in [0.1, 0.15) is 25.0 Å². The van der Waals surface area contributed by atoms with Crippen LogP contribution in [0.2, 0.25) is 0 Å². The molecule has 23 heavy (non-hydrogen) atoms. The normalized spacial score (nSPS) is 11.0. The van der Waals surface area contributed by atoms with E-state index < -0.39 is 0 Å². The maximum absolute atomic E-state index is 9.44. The van der Waals surface area contributed by atoms with Gasteiger partial charge in [-0.3, -0.25) is 0 Å². The summed E-state index contributed by atoms with van der Waals surface area (Å²) < 4.78 is 12.2. The van der Waals surface area contributed by atoms with E-state index in [4.69, 9.17) is 9.47 Å². The highest BCUT2D eigenvalue weighted by molar-refractivity contribution is 9.10. The topological polar surface area (TPSA) is 42.2 Å². The first-order valence-corrected chi connectivity index (χ1v) is 8.24. The fourth-order valence-electron chi connectivity index (χ4n) is 2.13. The Kier molecular flexibility index (Phi) is 6.25. The fraction of sp³-hybridized carbons (Fsp3) is 0.211. The fourth-order valence-corrected chi connectivity index (χ4v) is 2.40. The number of benzene rings is 2. The lowest BCUT2D eigenvalue weighted by molar-refractivity contribution is 0.287. The zero-order chi connectivity index (χ0) is 16.7. The number of allylic oxidation sites excluding steroid dienone is 1. The number of halogens is 1. The van der Waals surface area contributed by atoms with Gasteiger partial charge in [-0.05, 0) is 55.3 Å². The number of ether oxygens (including phenoxy) is 2. The molecule has 0 aliphatic carbocycles. The number of nitriles is 1. The molecule has 0 amide bonds. The molecule has 2 rings (SSSR count). The molecule has 0 heterocycles. The molecule has 2 aromatic carbocycles. The monoisotopic (exact) mass is 371 g/mol. The van der Waals surface area contributed by atoms with Crippen molar-refractivity contribution >= 4 is 27.6 Å². The quantitative estimate of drug-likeness (QED) is 0.510. The van der Waals surface area contributed by atoms with Gasteiger partial charge in [0, 0.05) is 4.47 Å². The Morgan fingerprint density at radius 1 is 1.04 bits per heavy atom. The van der Waals surface area contributed by atoms with Gasteiger partial charge in [-0.2, -0.15) is 5.26 Å². The summed E-state index contributed by atoms with van der Waals surface area (Å²) in [7, 11) is 0. The molecule has 0 fully saturated rings. The molecule has 0 aliphatic heterocycles. The lowest BCUT2D eigenvalue weighted by Gasteiger charge is -2.11. The molecule has 0 aliphatic rings. The number of hydrogen-bond acceptors (Lipinski definition) is 3. The van der Waals surface area contributed by atoms with Gasteiger partial charge in [0.2, 0.25) is 0 Å². The molecule has 0 saturated carbocycles. The first-order valence-electron chi connectivity index (χ1n) is 7.45. The predicted octanol–water partition coefficient (Wildman–Crippen LogP) is 5.31. The number of nitrogens with zero attached hydrogens (tertiary/aromatic N) is 1. The van der Waals surface area contributed by atoms with Crippen molar-refractivity contribution < 1.29 is 9.47 Å². The second-order valence-corrected chi connectivity index (χ2v) is 5.66. The summed E-state index contributed by atoms with van der Waals surface area (Å²) in [6.45, 7) is 5.01. The van der Waals surface area contributed by atoms with Gasteiger partial charge in [-0.15, -0.1) is 0 Å². The van der Waals surface area contributed by atoms with Crippen LogP contribution in [0, 0.1) is 11.3 Å². The Bertz CT molecular complexity index is 730. The average molecular weight is 372 g/mol. The summed E-state index contributed by atoms with van der Waals surface area (Å²) in [5.74, 6) is 1.41. The lowest BCUT2D eigenvalue weighted by atomic mass is 10.0. The summed E-state index contributed by atoms with van der Waals surface area (Å²) >= 11 is 3.40. The summed E-state index contributed by atoms with van der Waals surface area (Å²) in [6, 6.07) is 15.6. The van der Waals surface area contributed by atoms with Gasteiger partial charge < -0.3 is 9.47 Å². The van der Waals surface area contributed by atoms with E-state index in [1.54, 1.807) is 0 Å². The lowest BCUT2D eigenvalue weighted by Crippen LogP contribution is -1.98. The van der Waals surface area contributed by atoms with Crippen LogP contribution in [0.25, 0.3) is 11.6 Å². The van der Waals surface area contributed by atoms with Crippen molar-refractivity contribution in [3.05, 3.63) is 58.1 Å². The summed E-state index contributed by atoms with van der Waals surface area (Å²) in [4.78, 5) is 0. The Labute approximate surface area is 145 Å². The smallest absolute Gasteiger partial charge is 0.161 e. The van der Waals surface area contributed by atoms with Crippen molar-refractivity contribution in [2.75, 3.05) is 13.2 Å². The highest BCUT2D eigenvalue weighted by atomic mass is 79.9. The van der Waals surface area contributed by atoms with E-state index in [1.807, 2.05) is 62.4 Å². The highest BCUT2D eigenvalue weighted by Gasteiger charge is 2.07. The molecular weight excluding hydrogens is 354 g/mol. The number of hydrogen-bond donors (Lipinski definition) is 0. The van der Waals surface area contributed by atoms with Crippen LogP contribution in [0.3, 0.4) is 0 Å². The van der Waals surface area contributed by atoms with E-state index in [2.05, 4.69) is 22.0 Å². The van der Waals surface area contributed by atoms with Crippen molar-refractivity contribution in [3.63, 3.8) is 0 Å². The number of rotatable bonds is 6. The molecule has 0 bridgehead atoms. The minimum absolute atomic E-state index is 0.561. The minimum Gasteiger partial charge on any atom is -0.490 e. The molecule has 0 saturated heterocycles. The molecule has 0 unspecified atom stereocenters. The summed E-state index contributed by atoms with van der Waals surface area (Å²) in [5, 5.41) is 9.44. The van der Waals surface area contributed by atoms with Crippen molar-refractivity contribution in [3.8, 4) is 17.6 Å². The third kappa shape index (κ3) is 4.61. The molecule has 0 N–H and O–H groups in total. The first-order chi connectivity index (χ1) is 11.2. The van der Waals surface area contributed by atoms with Gasteiger partial charge in [0.1, 0.15) is 0 Å². The Morgan fingerprint density at radius 2 is 1.70 bits per heavy atom. The second kappa shape index (κ2) is 8.40. The van der Waals surface area contributed by atoms with Crippen LogP contribution < -0.4 is 9.47 Å². The third-order valence-corrected chi connectivity index (χ3v) is 3.68. The van der Waals surface area contributed by atoms with Gasteiger partial charge in [-0.25, -0.2) is 0 Å². The molecule has 0 atom stereocenters. The van der Waals surface area contributed by atoms with Crippen LogP contribution in [0.15, 0.2) is 46.9 Å². The van der Waals surface area contributed by atoms with Crippen LogP contribution in [-0.4, -0.2) is 13.2 Å². The molecule has 0 aromatic heterocycles. The molecule has 118 valence electrons. The Balaban J connectivity index is 2.37. The van der Waals surface area contributed by atoms with Crippen molar-refractivity contribution in [1.82, 2.24) is 0 Å². The van der Waals surface area contributed by atoms with E-state index in [9.17, 15) is 5.26 Å². The van der Waals surface area contributed by atoms with Gasteiger partial charge in [0.15, 0.2) is 11.5 Å². The van der Waals surface area contributed by atoms with E-state index in [0.29, 0.717) is 30.3 Å². The van der Waals surface area contributed by atoms with Crippen LogP contribution >= 0.6 is 15.9 Å². The largest absolute Gasteiger partial charge is 0.490 e. The average Bonchev–Trinajstić information content (AvgIpc) is 2.56. The Morgan fingerprint density at radius 3 is 2.30 bits per heavy atom. The molecule has 4 heteroatoms. The molecule has 2 aromatic rings. The van der Waals surface area contributed by atoms with Crippen molar-refractivity contribution in [1.29, 1.82) is 5.26 Å². The highest BCUT2D eigenvalue weighted by Crippen LogP contribution is 2.30. The maximum Gasteiger partial charge on any atom is 0.161 e. The first kappa shape index (κ1) is 17.1. The van der Waals surface area contributed by atoms with Gasteiger partial charge in [0.25, 0.3) is 0 Å². The predicted molar refractivity (Wildman–Crippen MR) is 96.4 cm³/mol. The molecule has 3 nitrogen and oxygen atoms in total.